The van der Waals surface area contributed by atoms with Crippen LogP contribution in [0.3, 0.4) is 0 Å². The first-order valence-corrected chi connectivity index (χ1v) is 11.3. The number of thiazole rings is 1. The van der Waals surface area contributed by atoms with Crippen LogP contribution in [0.25, 0.3) is 10.6 Å². The lowest BCUT2D eigenvalue weighted by atomic mass is 10.0. The molecule has 1 aliphatic rings. The predicted octanol–water partition coefficient (Wildman–Crippen LogP) is 4.99. The predicted molar refractivity (Wildman–Crippen MR) is 118 cm³/mol. The monoisotopic (exact) mass is 399 g/mol. The van der Waals surface area contributed by atoms with E-state index >= 15 is 0 Å². The Balaban J connectivity index is 1.78. The summed E-state index contributed by atoms with van der Waals surface area (Å²) >= 11 is 1.55. The molecule has 4 nitrogen and oxygen atoms in total. The van der Waals surface area contributed by atoms with Gasteiger partial charge in [-0.05, 0) is 64.8 Å². The Kier molecular flexibility index (Phi) is 6.56. The zero-order chi connectivity index (χ0) is 20.4. The Morgan fingerprint density at radius 3 is 2.21 bits per heavy atom. The molecule has 1 aromatic heterocycles. The maximum Gasteiger partial charge on any atom is 0.265 e. The van der Waals surface area contributed by atoms with Crippen molar-refractivity contribution in [3.05, 3.63) is 39.4 Å². The average Bonchev–Trinajstić information content (AvgIpc) is 3.03. The molecule has 1 aliphatic heterocycles. The van der Waals surface area contributed by atoms with E-state index in [1.807, 2.05) is 11.8 Å². The molecule has 0 radical (unpaired) electrons. The Labute approximate surface area is 173 Å². The standard InChI is InChI=1S/C23H33N3OS/c1-7-25(8-2)19-9-11-26(12-10-19)23(27)21-18(6)24-22(28-21)20-16(4)13-15(3)14-17(20)5/h13-14,19H,7-12H2,1-6H3. The topological polar surface area (TPSA) is 36.4 Å². The van der Waals surface area contributed by atoms with Crippen molar-refractivity contribution >= 4 is 17.2 Å². The highest BCUT2D eigenvalue weighted by Gasteiger charge is 2.28. The van der Waals surface area contributed by atoms with E-state index in [0.717, 1.165) is 54.6 Å². The van der Waals surface area contributed by atoms with Gasteiger partial charge in [0.2, 0.25) is 0 Å². The quantitative estimate of drug-likeness (QED) is 0.711. The van der Waals surface area contributed by atoms with Crippen LogP contribution >= 0.6 is 11.3 Å². The van der Waals surface area contributed by atoms with Gasteiger partial charge >= 0.3 is 0 Å². The van der Waals surface area contributed by atoms with Gasteiger partial charge in [-0.1, -0.05) is 31.5 Å². The molecule has 0 unspecified atom stereocenters. The fraction of sp³-hybridized carbons (Fsp3) is 0.565. The fourth-order valence-electron chi connectivity index (χ4n) is 4.54. The first-order chi connectivity index (χ1) is 13.3. The van der Waals surface area contributed by atoms with E-state index in [9.17, 15) is 4.79 Å². The molecule has 152 valence electrons. The second kappa shape index (κ2) is 8.75. The number of benzene rings is 1. The molecule has 5 heteroatoms. The zero-order valence-corrected chi connectivity index (χ0v) is 18.9. The van der Waals surface area contributed by atoms with Gasteiger partial charge in [0, 0.05) is 24.7 Å². The maximum absolute atomic E-state index is 13.2. The van der Waals surface area contributed by atoms with Gasteiger partial charge < -0.3 is 9.80 Å². The summed E-state index contributed by atoms with van der Waals surface area (Å²) in [4.78, 5) is 23.3. The largest absolute Gasteiger partial charge is 0.338 e. The summed E-state index contributed by atoms with van der Waals surface area (Å²) in [6.45, 7) is 16.6. The van der Waals surface area contributed by atoms with Crippen LogP contribution in [0.4, 0.5) is 0 Å². The number of hydrogen-bond acceptors (Lipinski definition) is 4. The van der Waals surface area contributed by atoms with Crippen molar-refractivity contribution in [1.29, 1.82) is 0 Å². The third-order valence-electron chi connectivity index (χ3n) is 5.96. The van der Waals surface area contributed by atoms with Gasteiger partial charge in [-0.25, -0.2) is 4.98 Å². The van der Waals surface area contributed by atoms with Crippen LogP contribution in [0, 0.1) is 27.7 Å². The number of amides is 1. The second-order valence-corrected chi connectivity index (χ2v) is 8.95. The van der Waals surface area contributed by atoms with Crippen LogP contribution in [0.5, 0.6) is 0 Å². The molecule has 3 rings (SSSR count). The van der Waals surface area contributed by atoms with Crippen molar-refractivity contribution in [2.24, 2.45) is 0 Å². The minimum Gasteiger partial charge on any atom is -0.338 e. The minimum absolute atomic E-state index is 0.154. The first kappa shape index (κ1) is 21.0. The Morgan fingerprint density at radius 2 is 1.68 bits per heavy atom. The lowest BCUT2D eigenvalue weighted by Gasteiger charge is -2.37. The lowest BCUT2D eigenvalue weighted by molar-refractivity contribution is 0.0635. The van der Waals surface area contributed by atoms with Crippen LogP contribution < -0.4 is 0 Å². The summed E-state index contributed by atoms with van der Waals surface area (Å²) in [6.07, 6.45) is 2.13. The molecule has 0 N–H and O–H groups in total. The van der Waals surface area contributed by atoms with Crippen molar-refractivity contribution in [3.63, 3.8) is 0 Å². The normalized spacial score (nSPS) is 15.5. The number of rotatable bonds is 5. The van der Waals surface area contributed by atoms with Crippen molar-refractivity contribution in [3.8, 4) is 10.6 Å². The summed E-state index contributed by atoms with van der Waals surface area (Å²) in [7, 11) is 0. The number of nitrogens with zero attached hydrogens (tertiary/aromatic N) is 3. The number of carbonyl (C=O) groups is 1. The van der Waals surface area contributed by atoms with Gasteiger partial charge in [-0.3, -0.25) is 4.79 Å². The van der Waals surface area contributed by atoms with Gasteiger partial charge in [-0.2, -0.15) is 0 Å². The highest BCUT2D eigenvalue weighted by molar-refractivity contribution is 7.17. The molecule has 1 amide bonds. The van der Waals surface area contributed by atoms with Crippen LogP contribution in [-0.2, 0) is 0 Å². The summed E-state index contributed by atoms with van der Waals surface area (Å²) < 4.78 is 0. The summed E-state index contributed by atoms with van der Waals surface area (Å²) in [5, 5.41) is 0.967. The Hall–Kier alpha value is -1.72. The molecule has 28 heavy (non-hydrogen) atoms. The van der Waals surface area contributed by atoms with E-state index in [2.05, 4.69) is 51.7 Å². The molecule has 2 aromatic rings. The molecule has 1 fully saturated rings. The molecule has 0 bridgehead atoms. The van der Waals surface area contributed by atoms with Gasteiger partial charge in [-0.15, -0.1) is 11.3 Å². The van der Waals surface area contributed by atoms with Gasteiger partial charge in [0.1, 0.15) is 9.88 Å². The highest BCUT2D eigenvalue weighted by atomic mass is 32.1. The third-order valence-corrected chi connectivity index (χ3v) is 7.13. The van der Waals surface area contributed by atoms with Crippen LogP contribution in [0.2, 0.25) is 0 Å². The van der Waals surface area contributed by atoms with Crippen molar-refractivity contribution < 1.29 is 4.79 Å². The van der Waals surface area contributed by atoms with Gasteiger partial charge in [0.05, 0.1) is 5.69 Å². The van der Waals surface area contributed by atoms with Crippen LogP contribution in [0.1, 0.15) is 58.7 Å². The molecule has 0 atom stereocenters. The fourth-order valence-corrected chi connectivity index (χ4v) is 5.75. The van der Waals surface area contributed by atoms with Crippen molar-refractivity contribution in [2.75, 3.05) is 26.2 Å². The molecule has 0 aliphatic carbocycles. The van der Waals surface area contributed by atoms with E-state index in [4.69, 9.17) is 4.98 Å². The van der Waals surface area contributed by atoms with E-state index in [1.165, 1.54) is 22.3 Å². The third kappa shape index (κ3) is 4.15. The second-order valence-electron chi connectivity index (χ2n) is 7.95. The molecular formula is C23H33N3OS. The van der Waals surface area contributed by atoms with Gasteiger partial charge in [0.25, 0.3) is 5.91 Å². The lowest BCUT2D eigenvalue weighted by Crippen LogP contribution is -2.46. The molecule has 0 saturated carbocycles. The van der Waals surface area contributed by atoms with Crippen LogP contribution in [0.15, 0.2) is 12.1 Å². The summed E-state index contributed by atoms with van der Waals surface area (Å²) in [6, 6.07) is 4.99. The number of likely N-dealkylation sites (tertiary alicyclic amines) is 1. The van der Waals surface area contributed by atoms with Crippen LogP contribution in [-0.4, -0.2) is 52.9 Å². The molecule has 1 aromatic carbocycles. The Bertz CT molecular complexity index is 823. The molecule has 1 saturated heterocycles. The van der Waals surface area contributed by atoms with Crippen molar-refractivity contribution in [2.45, 2.75) is 60.4 Å². The van der Waals surface area contributed by atoms with E-state index in [0.29, 0.717) is 6.04 Å². The molecular weight excluding hydrogens is 366 g/mol. The zero-order valence-electron chi connectivity index (χ0n) is 18.1. The van der Waals surface area contributed by atoms with Gasteiger partial charge in [0.15, 0.2) is 0 Å². The SMILES string of the molecule is CCN(CC)C1CCN(C(=O)c2sc(-c3c(C)cc(C)cc3C)nc2C)CC1. The summed E-state index contributed by atoms with van der Waals surface area (Å²) in [5.74, 6) is 0.154. The van der Waals surface area contributed by atoms with E-state index < -0.39 is 0 Å². The molecule has 2 heterocycles. The maximum atomic E-state index is 13.2. The van der Waals surface area contributed by atoms with E-state index in [-0.39, 0.29) is 5.91 Å². The minimum atomic E-state index is 0.154. The first-order valence-electron chi connectivity index (χ1n) is 10.4. The number of piperidine rings is 1. The number of hydrogen-bond donors (Lipinski definition) is 0. The Morgan fingerprint density at radius 1 is 1.11 bits per heavy atom. The van der Waals surface area contributed by atoms with E-state index in [1.54, 1.807) is 11.3 Å². The number of aromatic nitrogens is 1. The number of carbonyl (C=O) groups excluding carboxylic acids is 1. The summed E-state index contributed by atoms with van der Waals surface area (Å²) in [5.41, 5.74) is 5.75. The highest BCUT2D eigenvalue weighted by Crippen LogP contribution is 2.34. The van der Waals surface area contributed by atoms with Crippen molar-refractivity contribution in [1.82, 2.24) is 14.8 Å². The smallest absolute Gasteiger partial charge is 0.265 e. The number of aryl methyl sites for hydroxylation is 4. The molecule has 0 spiro atoms. The average molecular weight is 400 g/mol.